The fourth-order valence-electron chi connectivity index (χ4n) is 2.35. The number of nitrogens with one attached hydrogen (secondary N) is 1. The van der Waals surface area contributed by atoms with Gasteiger partial charge in [0.2, 0.25) is 0 Å². The molecule has 3 rings (SSSR count). The minimum absolute atomic E-state index is 0.0554. The summed E-state index contributed by atoms with van der Waals surface area (Å²) >= 11 is 6.08. The number of alkyl halides is 3. The van der Waals surface area contributed by atoms with E-state index in [4.69, 9.17) is 17.0 Å². The predicted molar refractivity (Wildman–Crippen MR) is 98.5 cm³/mol. The lowest BCUT2D eigenvalue weighted by atomic mass is 10.1. The molecule has 0 unspecified atom stereocenters. The summed E-state index contributed by atoms with van der Waals surface area (Å²) in [6, 6.07) is 12.0. The van der Waals surface area contributed by atoms with Crippen molar-refractivity contribution < 1.29 is 22.7 Å². The predicted octanol–water partition coefficient (Wildman–Crippen LogP) is 4.77. The Kier molecular flexibility index (Phi) is 5.33. The maximum absolute atomic E-state index is 13.0. The van der Waals surface area contributed by atoms with Crippen LogP contribution in [0.15, 0.2) is 53.4 Å². The standard InChI is InChI=1S/C18H12F3NO2S2/c19-18(20,21)14-7-2-1-5-12(14)10-24-13-6-3-4-11(8-13)9-15-16(23)22-17(25)26-15/h1-9H,10H2,(H,22,23,25). The van der Waals surface area contributed by atoms with Gasteiger partial charge in [0.15, 0.2) is 0 Å². The summed E-state index contributed by atoms with van der Waals surface area (Å²) in [5.74, 6) is 0.132. The van der Waals surface area contributed by atoms with Gasteiger partial charge in [-0.05, 0) is 29.8 Å². The van der Waals surface area contributed by atoms with Crippen LogP contribution in [-0.2, 0) is 17.6 Å². The molecule has 1 heterocycles. The molecule has 0 atom stereocenters. The number of rotatable bonds is 4. The van der Waals surface area contributed by atoms with Crippen LogP contribution < -0.4 is 10.1 Å². The highest BCUT2D eigenvalue weighted by molar-refractivity contribution is 8.26. The van der Waals surface area contributed by atoms with Crippen molar-refractivity contribution in [2.75, 3.05) is 0 Å². The highest BCUT2D eigenvalue weighted by atomic mass is 32.2. The molecule has 1 aliphatic rings. The molecule has 8 heteroatoms. The van der Waals surface area contributed by atoms with Gasteiger partial charge in [-0.25, -0.2) is 0 Å². The van der Waals surface area contributed by atoms with E-state index in [1.165, 1.54) is 18.2 Å². The Bertz CT molecular complexity index is 894. The van der Waals surface area contributed by atoms with E-state index in [-0.39, 0.29) is 18.1 Å². The molecular formula is C18H12F3NO2S2. The van der Waals surface area contributed by atoms with Crippen LogP contribution in [0.2, 0.25) is 0 Å². The minimum atomic E-state index is -4.43. The van der Waals surface area contributed by atoms with Crippen LogP contribution in [0.1, 0.15) is 16.7 Å². The second-order valence-electron chi connectivity index (χ2n) is 5.37. The summed E-state index contributed by atoms with van der Waals surface area (Å²) in [5, 5.41) is 2.52. The molecule has 1 fully saturated rings. The molecule has 0 bridgehead atoms. The molecule has 0 aliphatic carbocycles. The number of carbonyl (C=O) groups excluding carboxylic acids is 1. The first-order valence-electron chi connectivity index (χ1n) is 7.46. The fourth-order valence-corrected chi connectivity index (χ4v) is 3.39. The van der Waals surface area contributed by atoms with Gasteiger partial charge in [0, 0.05) is 5.56 Å². The average molecular weight is 395 g/mol. The van der Waals surface area contributed by atoms with Gasteiger partial charge in [0.25, 0.3) is 5.91 Å². The summed E-state index contributed by atoms with van der Waals surface area (Å²) in [7, 11) is 0. The fraction of sp³-hybridized carbons (Fsp3) is 0.111. The summed E-state index contributed by atoms with van der Waals surface area (Å²) in [6.07, 6.45) is -2.78. The molecule has 0 aromatic heterocycles. The Labute approximate surface area is 157 Å². The quantitative estimate of drug-likeness (QED) is 0.598. The van der Waals surface area contributed by atoms with E-state index < -0.39 is 11.7 Å². The summed E-state index contributed by atoms with van der Waals surface area (Å²) in [6.45, 7) is -0.213. The van der Waals surface area contributed by atoms with Crippen molar-refractivity contribution in [3.8, 4) is 5.75 Å². The van der Waals surface area contributed by atoms with Crippen LogP contribution in [0, 0.1) is 0 Å². The number of ether oxygens (including phenoxy) is 1. The molecule has 1 amide bonds. The van der Waals surface area contributed by atoms with E-state index >= 15 is 0 Å². The molecule has 26 heavy (non-hydrogen) atoms. The summed E-state index contributed by atoms with van der Waals surface area (Å²) < 4.78 is 45.0. The zero-order chi connectivity index (χ0) is 18.7. The van der Waals surface area contributed by atoms with Crippen molar-refractivity contribution in [3.63, 3.8) is 0 Å². The van der Waals surface area contributed by atoms with E-state index in [1.807, 2.05) is 0 Å². The van der Waals surface area contributed by atoms with E-state index in [0.717, 1.165) is 17.8 Å². The second-order valence-corrected chi connectivity index (χ2v) is 7.09. The first kappa shape index (κ1) is 18.5. The van der Waals surface area contributed by atoms with E-state index in [9.17, 15) is 18.0 Å². The third-order valence-electron chi connectivity index (χ3n) is 3.51. The Balaban J connectivity index is 1.76. The van der Waals surface area contributed by atoms with Gasteiger partial charge in [0.05, 0.1) is 10.5 Å². The van der Waals surface area contributed by atoms with Crippen molar-refractivity contribution in [1.82, 2.24) is 5.32 Å². The average Bonchev–Trinajstić information content (AvgIpc) is 2.90. The highest BCUT2D eigenvalue weighted by Gasteiger charge is 2.33. The zero-order valence-corrected chi connectivity index (χ0v) is 14.8. The Hall–Kier alpha value is -2.32. The van der Waals surface area contributed by atoms with Gasteiger partial charge in [-0.1, -0.05) is 54.3 Å². The van der Waals surface area contributed by atoms with Crippen LogP contribution in [0.4, 0.5) is 13.2 Å². The summed E-state index contributed by atoms with van der Waals surface area (Å²) in [5.41, 5.74) is 0.0274. The first-order chi connectivity index (χ1) is 12.3. The first-order valence-corrected chi connectivity index (χ1v) is 8.68. The molecule has 0 radical (unpaired) electrons. The highest BCUT2D eigenvalue weighted by Crippen LogP contribution is 2.32. The van der Waals surface area contributed by atoms with Gasteiger partial charge < -0.3 is 10.1 Å². The van der Waals surface area contributed by atoms with E-state index in [0.29, 0.717) is 20.5 Å². The Morgan fingerprint density at radius 2 is 1.92 bits per heavy atom. The number of amides is 1. The number of hydrogen-bond acceptors (Lipinski definition) is 4. The molecule has 0 spiro atoms. The van der Waals surface area contributed by atoms with Crippen molar-refractivity contribution in [3.05, 3.63) is 70.1 Å². The summed E-state index contributed by atoms with van der Waals surface area (Å²) in [4.78, 5) is 12.1. The number of halogens is 3. The van der Waals surface area contributed by atoms with Crippen LogP contribution in [-0.4, -0.2) is 10.2 Å². The monoisotopic (exact) mass is 395 g/mol. The van der Waals surface area contributed by atoms with Crippen molar-refractivity contribution in [2.24, 2.45) is 0 Å². The van der Waals surface area contributed by atoms with Crippen LogP contribution in [0.25, 0.3) is 6.08 Å². The molecule has 1 saturated heterocycles. The second kappa shape index (κ2) is 7.51. The zero-order valence-electron chi connectivity index (χ0n) is 13.2. The van der Waals surface area contributed by atoms with Crippen LogP contribution in [0.5, 0.6) is 5.75 Å². The van der Waals surface area contributed by atoms with Crippen molar-refractivity contribution >= 4 is 40.3 Å². The van der Waals surface area contributed by atoms with Gasteiger partial charge >= 0.3 is 6.18 Å². The van der Waals surface area contributed by atoms with Crippen molar-refractivity contribution in [2.45, 2.75) is 12.8 Å². The molecule has 2 aromatic rings. The maximum atomic E-state index is 13.0. The Morgan fingerprint density at radius 1 is 1.15 bits per heavy atom. The minimum Gasteiger partial charge on any atom is -0.489 e. The third-order valence-corrected chi connectivity index (χ3v) is 4.68. The van der Waals surface area contributed by atoms with E-state index in [1.54, 1.807) is 30.3 Å². The SMILES string of the molecule is O=C1NC(=S)SC1=Cc1cccc(OCc2ccccc2C(F)(F)F)c1. The lowest BCUT2D eigenvalue weighted by Gasteiger charge is -2.13. The number of thioether (sulfide) groups is 1. The molecule has 3 nitrogen and oxygen atoms in total. The largest absolute Gasteiger partial charge is 0.489 e. The molecule has 134 valence electrons. The van der Waals surface area contributed by atoms with Gasteiger partial charge in [-0.2, -0.15) is 13.2 Å². The lowest BCUT2D eigenvalue weighted by Crippen LogP contribution is -2.17. The normalized spacial score (nSPS) is 16.0. The molecule has 0 saturated carbocycles. The molecular weight excluding hydrogens is 383 g/mol. The van der Waals surface area contributed by atoms with Crippen LogP contribution in [0.3, 0.4) is 0 Å². The van der Waals surface area contributed by atoms with Crippen molar-refractivity contribution in [1.29, 1.82) is 0 Å². The van der Waals surface area contributed by atoms with Gasteiger partial charge in [-0.3, -0.25) is 4.79 Å². The van der Waals surface area contributed by atoms with Gasteiger partial charge in [-0.15, -0.1) is 0 Å². The van der Waals surface area contributed by atoms with Crippen LogP contribution >= 0.6 is 24.0 Å². The smallest absolute Gasteiger partial charge is 0.416 e. The number of benzene rings is 2. The van der Waals surface area contributed by atoms with Gasteiger partial charge in [0.1, 0.15) is 16.7 Å². The van der Waals surface area contributed by atoms with E-state index in [2.05, 4.69) is 5.32 Å². The number of thiocarbonyl (C=S) groups is 1. The number of hydrogen-bond donors (Lipinski definition) is 1. The topological polar surface area (TPSA) is 38.3 Å². The third kappa shape index (κ3) is 4.44. The molecule has 1 N–H and O–H groups in total. The molecule has 1 aliphatic heterocycles. The molecule has 2 aromatic carbocycles. The number of carbonyl (C=O) groups is 1. The lowest BCUT2D eigenvalue weighted by molar-refractivity contribution is -0.138. The Morgan fingerprint density at radius 3 is 2.62 bits per heavy atom. The maximum Gasteiger partial charge on any atom is 0.416 e.